The Morgan fingerprint density at radius 2 is 2.10 bits per heavy atom. The normalized spacial score (nSPS) is 11.0. The van der Waals surface area contributed by atoms with Crippen LogP contribution in [0, 0.1) is 28.4 Å². The molecule has 0 amide bonds. The Labute approximate surface area is 179 Å². The number of nitro groups is 1. The number of aryl methyl sites for hydroxylation is 2. The van der Waals surface area contributed by atoms with Gasteiger partial charge >= 0.3 is 0 Å². The fourth-order valence-electron chi connectivity index (χ4n) is 3.76. The summed E-state index contributed by atoms with van der Waals surface area (Å²) in [4.78, 5) is 20.7. The molecule has 0 fully saturated rings. The molecule has 8 nitrogen and oxygen atoms in total. The lowest BCUT2D eigenvalue weighted by Crippen LogP contribution is -2.08. The topological polar surface area (TPSA) is 103 Å². The van der Waals surface area contributed by atoms with Gasteiger partial charge in [-0.15, -0.1) is 0 Å². The van der Waals surface area contributed by atoms with E-state index < -0.39 is 4.92 Å². The number of imidazole rings is 1. The highest BCUT2D eigenvalue weighted by atomic mass is 16.6. The molecule has 156 valence electrons. The zero-order valence-corrected chi connectivity index (χ0v) is 17.4. The van der Waals surface area contributed by atoms with Crippen molar-refractivity contribution in [3.8, 4) is 11.8 Å². The van der Waals surface area contributed by atoms with Gasteiger partial charge in [-0.25, -0.2) is 9.97 Å². The Bertz CT molecular complexity index is 1310. The molecule has 3 aromatic heterocycles. The number of nitriles is 1. The van der Waals surface area contributed by atoms with Crippen LogP contribution in [0.15, 0.2) is 48.8 Å². The fraction of sp³-hybridized carbons (Fsp3) is 0.261. The molecular formula is C23H22N6O2. The molecule has 0 aliphatic rings. The highest BCUT2D eigenvalue weighted by Crippen LogP contribution is 2.27. The minimum absolute atomic E-state index is 0.0473. The van der Waals surface area contributed by atoms with Gasteiger partial charge in [-0.3, -0.25) is 10.1 Å². The highest BCUT2D eigenvalue weighted by Gasteiger charge is 2.20. The first-order valence-corrected chi connectivity index (χ1v) is 10.2. The third-order valence-electron chi connectivity index (χ3n) is 5.37. The van der Waals surface area contributed by atoms with Gasteiger partial charge in [0, 0.05) is 24.9 Å². The Kier molecular flexibility index (Phi) is 5.50. The first kappa shape index (κ1) is 20.3. The van der Waals surface area contributed by atoms with Gasteiger partial charge in [0.25, 0.3) is 5.69 Å². The summed E-state index contributed by atoms with van der Waals surface area (Å²) in [5.41, 5.74) is 4.15. The molecule has 8 heteroatoms. The minimum Gasteiger partial charge on any atom is -0.308 e. The quantitative estimate of drug-likeness (QED) is 0.322. The van der Waals surface area contributed by atoms with Crippen LogP contribution < -0.4 is 0 Å². The van der Waals surface area contributed by atoms with E-state index in [4.69, 9.17) is 4.98 Å². The Hall–Kier alpha value is -3.99. The minimum atomic E-state index is -0.410. The molecule has 1 aromatic carbocycles. The van der Waals surface area contributed by atoms with Crippen molar-refractivity contribution in [2.24, 2.45) is 0 Å². The Morgan fingerprint density at radius 1 is 1.26 bits per heavy atom. The van der Waals surface area contributed by atoms with Gasteiger partial charge in [-0.05, 0) is 48.7 Å². The molecule has 0 saturated carbocycles. The van der Waals surface area contributed by atoms with Crippen LogP contribution in [0.25, 0.3) is 16.9 Å². The van der Waals surface area contributed by atoms with E-state index in [0.717, 1.165) is 47.4 Å². The molecule has 0 saturated heterocycles. The molecule has 0 unspecified atom stereocenters. The van der Waals surface area contributed by atoms with Crippen LogP contribution in [-0.2, 0) is 13.0 Å². The van der Waals surface area contributed by atoms with Crippen molar-refractivity contribution in [2.75, 3.05) is 0 Å². The van der Waals surface area contributed by atoms with E-state index in [1.54, 1.807) is 36.7 Å². The summed E-state index contributed by atoms with van der Waals surface area (Å²) in [7, 11) is 0. The standard InChI is InChI=1S/C23H22N6O2/c1-3-4-7-21-26-22-16(2)10-11-25-23(22)28(21)15-17-8-9-19(20(13-17)29(30)31)27-12-5-6-18(27)14-24/h5-6,8-13H,3-4,7,15H2,1-2H3. The van der Waals surface area contributed by atoms with Crippen LogP contribution in [-0.4, -0.2) is 24.0 Å². The smallest absolute Gasteiger partial charge is 0.293 e. The zero-order valence-electron chi connectivity index (χ0n) is 17.4. The van der Waals surface area contributed by atoms with Crippen molar-refractivity contribution in [1.29, 1.82) is 5.26 Å². The van der Waals surface area contributed by atoms with Crippen LogP contribution in [0.2, 0.25) is 0 Å². The van der Waals surface area contributed by atoms with Gasteiger partial charge in [0.05, 0.1) is 11.5 Å². The maximum atomic E-state index is 11.8. The number of nitro benzene ring substituents is 1. The van der Waals surface area contributed by atoms with Crippen molar-refractivity contribution >= 4 is 16.9 Å². The molecule has 4 aromatic rings. The fourth-order valence-corrected chi connectivity index (χ4v) is 3.76. The molecule has 0 aliphatic heterocycles. The van der Waals surface area contributed by atoms with E-state index in [1.165, 1.54) is 4.57 Å². The second-order valence-electron chi connectivity index (χ2n) is 7.47. The third kappa shape index (κ3) is 3.78. The van der Waals surface area contributed by atoms with E-state index in [-0.39, 0.29) is 5.69 Å². The second-order valence-corrected chi connectivity index (χ2v) is 7.47. The number of unbranched alkanes of at least 4 members (excludes halogenated alkanes) is 1. The number of aromatic nitrogens is 4. The van der Waals surface area contributed by atoms with Gasteiger partial charge in [0.1, 0.15) is 28.8 Å². The molecule has 0 radical (unpaired) electrons. The molecule has 0 atom stereocenters. The van der Waals surface area contributed by atoms with Gasteiger partial charge in [0.2, 0.25) is 0 Å². The van der Waals surface area contributed by atoms with Gasteiger partial charge in [0.15, 0.2) is 5.65 Å². The first-order chi connectivity index (χ1) is 15.0. The van der Waals surface area contributed by atoms with E-state index in [2.05, 4.69) is 18.0 Å². The van der Waals surface area contributed by atoms with Crippen LogP contribution in [0.5, 0.6) is 0 Å². The van der Waals surface area contributed by atoms with E-state index in [0.29, 0.717) is 17.9 Å². The van der Waals surface area contributed by atoms with Gasteiger partial charge < -0.3 is 9.13 Å². The SMILES string of the molecule is CCCCc1nc2c(C)ccnc2n1Cc1ccc(-n2cccc2C#N)c([N+](=O)[O-])c1. The van der Waals surface area contributed by atoms with Crippen LogP contribution in [0.3, 0.4) is 0 Å². The van der Waals surface area contributed by atoms with E-state index >= 15 is 0 Å². The lowest BCUT2D eigenvalue weighted by molar-refractivity contribution is -0.384. The summed E-state index contributed by atoms with van der Waals surface area (Å²) in [6, 6.07) is 12.4. The summed E-state index contributed by atoms with van der Waals surface area (Å²) in [6.45, 7) is 4.58. The summed E-state index contributed by atoms with van der Waals surface area (Å²) >= 11 is 0. The predicted molar refractivity (Wildman–Crippen MR) is 117 cm³/mol. The van der Waals surface area contributed by atoms with E-state index in [1.807, 2.05) is 23.6 Å². The molecule has 0 spiro atoms. The molecular weight excluding hydrogens is 392 g/mol. The number of hydrogen-bond acceptors (Lipinski definition) is 5. The van der Waals surface area contributed by atoms with Crippen molar-refractivity contribution in [3.63, 3.8) is 0 Å². The lowest BCUT2D eigenvalue weighted by atomic mass is 10.1. The predicted octanol–water partition coefficient (Wildman–Crippen LogP) is 4.70. The monoisotopic (exact) mass is 414 g/mol. The Balaban J connectivity index is 1.79. The number of fused-ring (bicyclic) bond motifs is 1. The van der Waals surface area contributed by atoms with Crippen molar-refractivity contribution in [3.05, 3.63) is 81.6 Å². The molecule has 31 heavy (non-hydrogen) atoms. The molecule has 4 rings (SSSR count). The van der Waals surface area contributed by atoms with Gasteiger partial charge in [-0.2, -0.15) is 5.26 Å². The number of nitrogens with zero attached hydrogens (tertiary/aromatic N) is 6. The third-order valence-corrected chi connectivity index (χ3v) is 5.37. The zero-order chi connectivity index (χ0) is 22.0. The van der Waals surface area contributed by atoms with Crippen molar-refractivity contribution < 1.29 is 4.92 Å². The Morgan fingerprint density at radius 3 is 2.84 bits per heavy atom. The lowest BCUT2D eigenvalue weighted by Gasteiger charge is -2.11. The summed E-state index contributed by atoms with van der Waals surface area (Å²) < 4.78 is 3.58. The maximum Gasteiger partial charge on any atom is 0.293 e. The van der Waals surface area contributed by atoms with Gasteiger partial charge in [-0.1, -0.05) is 19.4 Å². The van der Waals surface area contributed by atoms with Crippen LogP contribution >= 0.6 is 0 Å². The maximum absolute atomic E-state index is 11.8. The molecule has 0 N–H and O–H groups in total. The number of rotatable bonds is 7. The first-order valence-electron chi connectivity index (χ1n) is 10.2. The van der Waals surface area contributed by atoms with Crippen molar-refractivity contribution in [2.45, 2.75) is 39.7 Å². The van der Waals surface area contributed by atoms with Crippen molar-refractivity contribution in [1.82, 2.24) is 19.1 Å². The summed E-state index contributed by atoms with van der Waals surface area (Å²) in [5.74, 6) is 0.933. The molecule has 0 bridgehead atoms. The summed E-state index contributed by atoms with van der Waals surface area (Å²) in [5, 5.41) is 21.1. The second kappa shape index (κ2) is 8.40. The van der Waals surface area contributed by atoms with Crippen LogP contribution in [0.1, 0.15) is 42.4 Å². The molecule has 3 heterocycles. The largest absolute Gasteiger partial charge is 0.308 e. The average molecular weight is 414 g/mol. The number of hydrogen-bond donors (Lipinski definition) is 0. The van der Waals surface area contributed by atoms with E-state index in [9.17, 15) is 15.4 Å². The number of pyridine rings is 1. The number of benzene rings is 1. The summed E-state index contributed by atoms with van der Waals surface area (Å²) in [6.07, 6.45) is 6.29. The highest BCUT2D eigenvalue weighted by molar-refractivity contribution is 5.75. The average Bonchev–Trinajstić information content (AvgIpc) is 3.38. The molecule has 0 aliphatic carbocycles. The van der Waals surface area contributed by atoms with Crippen LogP contribution in [0.4, 0.5) is 5.69 Å².